The summed E-state index contributed by atoms with van der Waals surface area (Å²) in [5, 5.41) is 6.01. The number of carbonyl (C=O) groups excluding carboxylic acids is 2. The molecule has 27 heavy (non-hydrogen) atoms. The van der Waals surface area contributed by atoms with Crippen LogP contribution in [0.5, 0.6) is 0 Å². The minimum absolute atomic E-state index is 0.135. The molecule has 0 saturated carbocycles. The number of halogens is 1. The summed E-state index contributed by atoms with van der Waals surface area (Å²) in [5.74, 6) is -0.668. The number of aromatic nitrogens is 1. The molecule has 1 aromatic heterocycles. The van der Waals surface area contributed by atoms with E-state index in [4.69, 9.17) is 0 Å². The van der Waals surface area contributed by atoms with E-state index in [9.17, 15) is 14.0 Å². The second-order valence-corrected chi connectivity index (χ2v) is 6.59. The summed E-state index contributed by atoms with van der Waals surface area (Å²) < 4.78 is 13.3. The van der Waals surface area contributed by atoms with Crippen molar-refractivity contribution in [3.63, 3.8) is 0 Å². The molecule has 2 aromatic rings. The SMILES string of the molecule is Cc1cc(F)ccc1CC(=O)N1CCNCC1C(=O)NCc1ccccn1. The predicted molar refractivity (Wildman–Crippen MR) is 99.3 cm³/mol. The smallest absolute Gasteiger partial charge is 0.244 e. The van der Waals surface area contributed by atoms with Gasteiger partial charge in [0.05, 0.1) is 18.7 Å². The average Bonchev–Trinajstić information content (AvgIpc) is 2.69. The molecule has 7 heteroatoms. The monoisotopic (exact) mass is 370 g/mol. The van der Waals surface area contributed by atoms with Crippen molar-refractivity contribution in [2.75, 3.05) is 19.6 Å². The summed E-state index contributed by atoms with van der Waals surface area (Å²) in [7, 11) is 0. The number of amides is 2. The Morgan fingerprint density at radius 1 is 1.33 bits per heavy atom. The van der Waals surface area contributed by atoms with Crippen LogP contribution in [0.15, 0.2) is 42.6 Å². The van der Waals surface area contributed by atoms with Gasteiger partial charge in [-0.15, -0.1) is 0 Å². The van der Waals surface area contributed by atoms with Crippen LogP contribution in [0.1, 0.15) is 16.8 Å². The first-order valence-corrected chi connectivity index (χ1v) is 8.97. The fourth-order valence-electron chi connectivity index (χ4n) is 3.16. The van der Waals surface area contributed by atoms with Gasteiger partial charge in [0.2, 0.25) is 11.8 Å². The summed E-state index contributed by atoms with van der Waals surface area (Å²) in [6, 6.07) is 9.32. The van der Waals surface area contributed by atoms with Crippen LogP contribution in [0.4, 0.5) is 4.39 Å². The minimum atomic E-state index is -0.573. The van der Waals surface area contributed by atoms with Crippen molar-refractivity contribution in [3.8, 4) is 0 Å². The number of aryl methyl sites for hydroxylation is 1. The summed E-state index contributed by atoms with van der Waals surface area (Å²) in [5.41, 5.74) is 2.26. The fraction of sp³-hybridized carbons (Fsp3) is 0.350. The molecule has 3 rings (SSSR count). The van der Waals surface area contributed by atoms with Gasteiger partial charge in [-0.1, -0.05) is 12.1 Å². The highest BCUT2D eigenvalue weighted by Crippen LogP contribution is 2.14. The van der Waals surface area contributed by atoms with Crippen LogP contribution in [0.2, 0.25) is 0 Å². The molecule has 2 amide bonds. The number of piperazine rings is 1. The van der Waals surface area contributed by atoms with Crippen LogP contribution in [-0.4, -0.2) is 47.4 Å². The van der Waals surface area contributed by atoms with E-state index >= 15 is 0 Å². The van der Waals surface area contributed by atoms with E-state index in [1.165, 1.54) is 12.1 Å². The first kappa shape index (κ1) is 19.0. The second kappa shape index (κ2) is 8.73. The Bertz CT molecular complexity index is 813. The zero-order valence-electron chi connectivity index (χ0n) is 15.2. The zero-order chi connectivity index (χ0) is 19.2. The van der Waals surface area contributed by atoms with Gasteiger partial charge in [-0.3, -0.25) is 14.6 Å². The van der Waals surface area contributed by atoms with E-state index in [1.807, 2.05) is 18.2 Å². The lowest BCUT2D eigenvalue weighted by Gasteiger charge is -2.35. The third-order valence-electron chi connectivity index (χ3n) is 4.68. The van der Waals surface area contributed by atoms with Crippen LogP contribution < -0.4 is 10.6 Å². The largest absolute Gasteiger partial charge is 0.349 e. The molecule has 1 atom stereocenters. The highest BCUT2D eigenvalue weighted by molar-refractivity contribution is 5.89. The molecule has 2 N–H and O–H groups in total. The Kier molecular flexibility index (Phi) is 6.13. The van der Waals surface area contributed by atoms with Crippen LogP contribution in [-0.2, 0) is 22.6 Å². The Morgan fingerprint density at radius 3 is 2.93 bits per heavy atom. The molecule has 0 radical (unpaired) electrons. The summed E-state index contributed by atoms with van der Waals surface area (Å²) >= 11 is 0. The lowest BCUT2D eigenvalue weighted by atomic mass is 10.0. The molecule has 1 fully saturated rings. The predicted octanol–water partition coefficient (Wildman–Crippen LogP) is 1.19. The molecule has 0 spiro atoms. The third-order valence-corrected chi connectivity index (χ3v) is 4.68. The van der Waals surface area contributed by atoms with Crippen LogP contribution in [0, 0.1) is 12.7 Å². The summed E-state index contributed by atoms with van der Waals surface area (Å²) in [4.78, 5) is 31.2. The fourth-order valence-corrected chi connectivity index (χ4v) is 3.16. The van der Waals surface area contributed by atoms with Crippen LogP contribution in [0.25, 0.3) is 0 Å². The van der Waals surface area contributed by atoms with Crippen molar-refractivity contribution in [2.45, 2.75) is 25.9 Å². The van der Waals surface area contributed by atoms with E-state index in [2.05, 4.69) is 15.6 Å². The van der Waals surface area contributed by atoms with Crippen molar-refractivity contribution < 1.29 is 14.0 Å². The van der Waals surface area contributed by atoms with Gasteiger partial charge in [-0.25, -0.2) is 4.39 Å². The first-order chi connectivity index (χ1) is 13.0. The van der Waals surface area contributed by atoms with Gasteiger partial charge >= 0.3 is 0 Å². The lowest BCUT2D eigenvalue weighted by molar-refractivity contribution is -0.141. The Morgan fingerprint density at radius 2 is 2.19 bits per heavy atom. The van der Waals surface area contributed by atoms with Gasteiger partial charge < -0.3 is 15.5 Å². The number of hydrogen-bond donors (Lipinski definition) is 2. The van der Waals surface area contributed by atoms with Gasteiger partial charge in [0.25, 0.3) is 0 Å². The molecular formula is C20H23FN4O2. The highest BCUT2D eigenvalue weighted by Gasteiger charge is 2.32. The van der Waals surface area contributed by atoms with E-state index in [0.717, 1.165) is 16.8 Å². The van der Waals surface area contributed by atoms with Crippen molar-refractivity contribution >= 4 is 11.8 Å². The Balaban J connectivity index is 1.65. The van der Waals surface area contributed by atoms with Crippen molar-refractivity contribution in [1.82, 2.24) is 20.5 Å². The molecule has 0 aliphatic carbocycles. The standard InChI is InChI=1S/C20H23FN4O2/c1-14-10-16(21)6-5-15(14)11-19(26)25-9-8-22-13-18(25)20(27)24-12-17-4-2-3-7-23-17/h2-7,10,18,22H,8-9,11-13H2,1H3,(H,24,27). The van der Waals surface area contributed by atoms with Crippen molar-refractivity contribution in [3.05, 3.63) is 65.2 Å². The number of nitrogens with one attached hydrogen (secondary N) is 2. The number of hydrogen-bond acceptors (Lipinski definition) is 4. The Hall–Kier alpha value is -2.80. The highest BCUT2D eigenvalue weighted by atomic mass is 19.1. The molecule has 1 aromatic carbocycles. The molecule has 0 bridgehead atoms. The number of rotatable bonds is 5. The quantitative estimate of drug-likeness (QED) is 0.829. The van der Waals surface area contributed by atoms with Gasteiger partial charge in [-0.05, 0) is 42.3 Å². The molecule has 6 nitrogen and oxygen atoms in total. The molecule has 2 heterocycles. The molecule has 1 aliphatic heterocycles. The average molecular weight is 370 g/mol. The molecule has 1 aliphatic rings. The van der Waals surface area contributed by atoms with E-state index in [0.29, 0.717) is 26.2 Å². The maximum atomic E-state index is 13.3. The van der Waals surface area contributed by atoms with E-state index < -0.39 is 6.04 Å². The maximum Gasteiger partial charge on any atom is 0.244 e. The topological polar surface area (TPSA) is 74.3 Å². The molecular weight excluding hydrogens is 347 g/mol. The number of pyridine rings is 1. The maximum absolute atomic E-state index is 13.3. The van der Waals surface area contributed by atoms with Gasteiger partial charge in [-0.2, -0.15) is 0 Å². The van der Waals surface area contributed by atoms with Crippen molar-refractivity contribution in [1.29, 1.82) is 0 Å². The minimum Gasteiger partial charge on any atom is -0.349 e. The van der Waals surface area contributed by atoms with Gasteiger partial charge in [0.1, 0.15) is 11.9 Å². The molecule has 142 valence electrons. The van der Waals surface area contributed by atoms with E-state index in [-0.39, 0.29) is 24.1 Å². The lowest BCUT2D eigenvalue weighted by Crippen LogP contribution is -2.59. The third kappa shape index (κ3) is 4.89. The normalized spacial score (nSPS) is 16.8. The van der Waals surface area contributed by atoms with Gasteiger partial charge in [0.15, 0.2) is 0 Å². The van der Waals surface area contributed by atoms with Crippen LogP contribution in [0.3, 0.4) is 0 Å². The van der Waals surface area contributed by atoms with Gasteiger partial charge in [0, 0.05) is 25.8 Å². The number of nitrogens with zero attached hydrogens (tertiary/aromatic N) is 2. The number of carbonyl (C=O) groups is 2. The first-order valence-electron chi connectivity index (χ1n) is 8.97. The van der Waals surface area contributed by atoms with Crippen LogP contribution >= 0.6 is 0 Å². The molecule has 1 saturated heterocycles. The second-order valence-electron chi connectivity index (χ2n) is 6.59. The van der Waals surface area contributed by atoms with E-state index in [1.54, 1.807) is 24.1 Å². The van der Waals surface area contributed by atoms with Crippen molar-refractivity contribution in [2.24, 2.45) is 0 Å². The zero-order valence-corrected chi connectivity index (χ0v) is 15.2. The number of benzene rings is 1. The molecule has 1 unspecified atom stereocenters. The summed E-state index contributed by atoms with van der Waals surface area (Å²) in [6.07, 6.45) is 1.82. The Labute approximate surface area is 157 Å². The summed E-state index contributed by atoms with van der Waals surface area (Å²) in [6.45, 7) is 3.59.